The highest BCUT2D eigenvalue weighted by Gasteiger charge is 2.23. The SMILES string of the molecule is COc1ccccc1NC(=O)COC(=O)CN(c1ccccc1C)S(C)(=O)=O. The van der Waals surface area contributed by atoms with Crippen molar-refractivity contribution in [1.82, 2.24) is 0 Å². The van der Waals surface area contributed by atoms with Crippen molar-refractivity contribution in [2.45, 2.75) is 6.92 Å². The molecule has 0 aromatic heterocycles. The average molecular weight is 406 g/mol. The molecule has 150 valence electrons. The van der Waals surface area contributed by atoms with Gasteiger partial charge in [0, 0.05) is 0 Å². The van der Waals surface area contributed by atoms with Crippen LogP contribution in [0.5, 0.6) is 5.75 Å². The number of hydrogen-bond donors (Lipinski definition) is 1. The van der Waals surface area contributed by atoms with Gasteiger partial charge in [-0.25, -0.2) is 8.42 Å². The van der Waals surface area contributed by atoms with Gasteiger partial charge in [-0.2, -0.15) is 0 Å². The second kappa shape index (κ2) is 9.23. The molecule has 9 heteroatoms. The van der Waals surface area contributed by atoms with Gasteiger partial charge in [0.15, 0.2) is 6.61 Å². The summed E-state index contributed by atoms with van der Waals surface area (Å²) in [5.41, 5.74) is 1.50. The minimum atomic E-state index is -3.72. The fourth-order valence-electron chi connectivity index (χ4n) is 2.47. The summed E-state index contributed by atoms with van der Waals surface area (Å²) >= 11 is 0. The Balaban J connectivity index is 2.00. The number of aryl methyl sites for hydroxylation is 1. The molecule has 0 aliphatic rings. The minimum Gasteiger partial charge on any atom is -0.495 e. The number of benzene rings is 2. The van der Waals surface area contributed by atoms with E-state index in [1.807, 2.05) is 0 Å². The number of amides is 1. The van der Waals surface area contributed by atoms with E-state index in [1.165, 1.54) is 7.11 Å². The van der Waals surface area contributed by atoms with Crippen LogP contribution in [0, 0.1) is 6.92 Å². The van der Waals surface area contributed by atoms with Crippen LogP contribution in [-0.2, 0) is 24.3 Å². The second-order valence-corrected chi connectivity index (χ2v) is 7.87. The molecular formula is C19H22N2O6S. The van der Waals surface area contributed by atoms with Crippen LogP contribution in [0.25, 0.3) is 0 Å². The zero-order chi connectivity index (χ0) is 20.7. The van der Waals surface area contributed by atoms with Gasteiger partial charge >= 0.3 is 5.97 Å². The Bertz CT molecular complexity index is 958. The molecule has 8 nitrogen and oxygen atoms in total. The Labute approximate surface area is 164 Å². The van der Waals surface area contributed by atoms with Crippen LogP contribution < -0.4 is 14.4 Å². The molecule has 2 aromatic carbocycles. The number of carbonyl (C=O) groups is 2. The molecule has 0 aliphatic carbocycles. The summed E-state index contributed by atoms with van der Waals surface area (Å²) in [6, 6.07) is 13.6. The molecule has 1 N–H and O–H groups in total. The van der Waals surface area contributed by atoms with Gasteiger partial charge in [-0.15, -0.1) is 0 Å². The number of anilines is 2. The van der Waals surface area contributed by atoms with Crippen molar-refractivity contribution in [3.8, 4) is 5.75 Å². The van der Waals surface area contributed by atoms with Gasteiger partial charge in [0.05, 0.1) is 24.7 Å². The number of ether oxygens (including phenoxy) is 2. The first-order chi connectivity index (χ1) is 13.2. The highest BCUT2D eigenvalue weighted by molar-refractivity contribution is 7.92. The third kappa shape index (κ3) is 5.71. The molecule has 0 unspecified atom stereocenters. The minimum absolute atomic E-state index is 0.375. The third-order valence-electron chi connectivity index (χ3n) is 3.80. The fourth-order valence-corrected chi connectivity index (χ4v) is 3.37. The maximum Gasteiger partial charge on any atom is 0.327 e. The van der Waals surface area contributed by atoms with Crippen LogP contribution in [-0.4, -0.2) is 46.8 Å². The number of para-hydroxylation sites is 3. The van der Waals surface area contributed by atoms with Gasteiger partial charge < -0.3 is 14.8 Å². The number of esters is 1. The summed E-state index contributed by atoms with van der Waals surface area (Å²) in [6.07, 6.45) is 1.00. The van der Waals surface area contributed by atoms with E-state index in [0.717, 1.165) is 10.6 Å². The molecule has 0 fully saturated rings. The van der Waals surface area contributed by atoms with Crippen molar-refractivity contribution < 1.29 is 27.5 Å². The van der Waals surface area contributed by atoms with E-state index in [-0.39, 0.29) is 0 Å². The molecule has 2 aromatic rings. The van der Waals surface area contributed by atoms with Crippen LogP contribution in [0.1, 0.15) is 5.56 Å². The van der Waals surface area contributed by atoms with Crippen molar-refractivity contribution in [3.63, 3.8) is 0 Å². The molecule has 0 heterocycles. The van der Waals surface area contributed by atoms with Crippen molar-refractivity contribution in [3.05, 3.63) is 54.1 Å². The molecule has 1 amide bonds. The summed E-state index contributed by atoms with van der Waals surface area (Å²) in [7, 11) is -2.25. The molecule has 0 atom stereocenters. The van der Waals surface area contributed by atoms with Crippen molar-refractivity contribution in [2.24, 2.45) is 0 Å². The molecule has 2 rings (SSSR count). The summed E-state index contributed by atoms with van der Waals surface area (Å²) in [6.45, 7) is 0.646. The number of hydrogen-bond acceptors (Lipinski definition) is 6. The van der Waals surface area contributed by atoms with E-state index in [4.69, 9.17) is 9.47 Å². The number of methoxy groups -OCH3 is 1. The van der Waals surface area contributed by atoms with Crippen LogP contribution >= 0.6 is 0 Å². The summed E-state index contributed by atoms with van der Waals surface area (Å²) < 4.78 is 35.2. The van der Waals surface area contributed by atoms with Gasteiger partial charge in [-0.3, -0.25) is 13.9 Å². The van der Waals surface area contributed by atoms with Crippen molar-refractivity contribution >= 4 is 33.3 Å². The van der Waals surface area contributed by atoms with E-state index < -0.39 is 35.1 Å². The fraction of sp³-hybridized carbons (Fsp3) is 0.263. The quantitative estimate of drug-likeness (QED) is 0.673. The molecular weight excluding hydrogens is 384 g/mol. The van der Waals surface area contributed by atoms with Gasteiger partial charge in [0.25, 0.3) is 5.91 Å². The number of sulfonamides is 1. The largest absolute Gasteiger partial charge is 0.495 e. The van der Waals surface area contributed by atoms with Gasteiger partial charge in [0.2, 0.25) is 10.0 Å². The Kier molecular flexibility index (Phi) is 7.00. The lowest BCUT2D eigenvalue weighted by molar-refractivity contribution is -0.145. The smallest absolute Gasteiger partial charge is 0.327 e. The number of carbonyl (C=O) groups excluding carboxylic acids is 2. The van der Waals surface area contributed by atoms with E-state index in [1.54, 1.807) is 55.5 Å². The lowest BCUT2D eigenvalue weighted by atomic mass is 10.2. The first-order valence-corrected chi connectivity index (χ1v) is 10.2. The highest BCUT2D eigenvalue weighted by Crippen LogP contribution is 2.23. The predicted octanol–water partition coefficient (Wildman–Crippen LogP) is 1.95. The third-order valence-corrected chi connectivity index (χ3v) is 4.93. The molecule has 0 aliphatic heterocycles. The van der Waals surface area contributed by atoms with Gasteiger partial charge in [-0.1, -0.05) is 30.3 Å². The zero-order valence-electron chi connectivity index (χ0n) is 15.8. The lowest BCUT2D eigenvalue weighted by Gasteiger charge is -2.23. The highest BCUT2D eigenvalue weighted by atomic mass is 32.2. The van der Waals surface area contributed by atoms with Crippen LogP contribution in [0.3, 0.4) is 0 Å². The molecule has 0 saturated carbocycles. The number of nitrogens with one attached hydrogen (secondary N) is 1. The lowest BCUT2D eigenvalue weighted by Crippen LogP contribution is -2.37. The summed E-state index contributed by atoms with van der Waals surface area (Å²) in [5.74, 6) is -0.950. The van der Waals surface area contributed by atoms with Crippen LogP contribution in [0.15, 0.2) is 48.5 Å². The van der Waals surface area contributed by atoms with Crippen LogP contribution in [0.4, 0.5) is 11.4 Å². The normalized spacial score (nSPS) is 10.8. The van der Waals surface area contributed by atoms with E-state index in [9.17, 15) is 18.0 Å². The molecule has 0 radical (unpaired) electrons. The van der Waals surface area contributed by atoms with E-state index in [0.29, 0.717) is 22.7 Å². The monoisotopic (exact) mass is 406 g/mol. The Hall–Kier alpha value is -3.07. The Morgan fingerprint density at radius 2 is 1.71 bits per heavy atom. The predicted molar refractivity (Wildman–Crippen MR) is 106 cm³/mol. The number of rotatable bonds is 8. The molecule has 28 heavy (non-hydrogen) atoms. The Morgan fingerprint density at radius 1 is 1.07 bits per heavy atom. The number of nitrogens with zero attached hydrogens (tertiary/aromatic N) is 1. The van der Waals surface area contributed by atoms with Gasteiger partial charge in [-0.05, 0) is 30.7 Å². The van der Waals surface area contributed by atoms with Crippen molar-refractivity contribution in [2.75, 3.05) is 36.1 Å². The standard InChI is InChI=1S/C19H22N2O6S/c1-14-8-4-6-10-16(14)21(28(3,24)25)12-19(23)27-13-18(22)20-15-9-5-7-11-17(15)26-2/h4-11H,12-13H2,1-3H3,(H,20,22). The van der Waals surface area contributed by atoms with Gasteiger partial charge in [0.1, 0.15) is 12.3 Å². The topological polar surface area (TPSA) is 102 Å². The molecule has 0 bridgehead atoms. The Morgan fingerprint density at radius 3 is 2.36 bits per heavy atom. The first-order valence-electron chi connectivity index (χ1n) is 8.34. The zero-order valence-corrected chi connectivity index (χ0v) is 16.7. The molecule has 0 spiro atoms. The molecule has 0 saturated heterocycles. The first kappa shape index (κ1) is 21.2. The van der Waals surface area contributed by atoms with Crippen molar-refractivity contribution in [1.29, 1.82) is 0 Å². The summed E-state index contributed by atoms with van der Waals surface area (Å²) in [4.78, 5) is 24.1. The maximum atomic E-state index is 12.1. The summed E-state index contributed by atoms with van der Waals surface area (Å²) in [5, 5.41) is 2.57. The van der Waals surface area contributed by atoms with E-state index >= 15 is 0 Å². The maximum absolute atomic E-state index is 12.1. The second-order valence-electron chi connectivity index (χ2n) is 5.97. The van der Waals surface area contributed by atoms with Crippen LogP contribution in [0.2, 0.25) is 0 Å². The van der Waals surface area contributed by atoms with E-state index in [2.05, 4.69) is 5.32 Å². The average Bonchev–Trinajstić information content (AvgIpc) is 2.65.